The van der Waals surface area contributed by atoms with E-state index in [1.807, 2.05) is 46.9 Å². The summed E-state index contributed by atoms with van der Waals surface area (Å²) in [4.78, 5) is 17.9. The van der Waals surface area contributed by atoms with Crippen molar-refractivity contribution in [1.29, 1.82) is 0 Å². The van der Waals surface area contributed by atoms with Crippen molar-refractivity contribution in [2.24, 2.45) is 7.05 Å². The number of nitrogens with zero attached hydrogens (tertiary/aromatic N) is 3. The molecule has 7 rings (SSSR count). The van der Waals surface area contributed by atoms with Crippen molar-refractivity contribution in [3.63, 3.8) is 0 Å². The van der Waals surface area contributed by atoms with Gasteiger partial charge in [-0.2, -0.15) is 0 Å². The lowest BCUT2D eigenvalue weighted by molar-refractivity contribution is -0.160. The molecule has 0 saturated carbocycles. The van der Waals surface area contributed by atoms with Crippen LogP contribution >= 0.6 is 0 Å². The minimum absolute atomic E-state index is 0.307. The molecule has 1 atom stereocenters. The Morgan fingerprint density at radius 3 is 2.49 bits per heavy atom. The number of hydrogen-bond donors (Lipinski definition) is 1. The molecule has 1 N–H and O–H groups in total. The monoisotopic (exact) mass is 669 g/mol. The quantitative estimate of drug-likeness (QED) is 0.218. The molecule has 4 heterocycles. The lowest BCUT2D eigenvalue weighted by Crippen LogP contribution is -2.51. The van der Waals surface area contributed by atoms with Crippen LogP contribution in [0.5, 0.6) is 5.75 Å². The summed E-state index contributed by atoms with van der Waals surface area (Å²) in [5.41, 5.74) is 7.05. The Morgan fingerprint density at radius 2 is 1.78 bits per heavy atom. The Hall–Kier alpha value is -3.92. The van der Waals surface area contributed by atoms with E-state index in [2.05, 4.69) is 44.7 Å². The van der Waals surface area contributed by atoms with Crippen LogP contribution in [0.2, 0.25) is 0 Å². The number of piperazine rings is 1. The predicted octanol–water partition coefficient (Wildman–Crippen LogP) is 7.53. The van der Waals surface area contributed by atoms with E-state index in [0.717, 1.165) is 91.9 Å². The van der Waals surface area contributed by atoms with Gasteiger partial charge in [-0.05, 0) is 100 Å². The lowest BCUT2D eigenvalue weighted by Gasteiger charge is -2.41. The standard InChI is InChI=1S/C40H48FN3O5/c1-25-29-10-7-19-48-37(29)33(41)23-31(25)36-30(38(39(45)46)49-40(2,3)4)11-12-34-32(36)24-35(42(34)5)26-8-6-9-28(22-26)44-17-15-43(16-18-44)27-13-20-47-21-14-27/h6,8-9,11-12,22-24,27,38H,7,10,13-21H2,1-5H3,(H,45,46). The molecule has 8 nitrogen and oxygen atoms in total. The van der Waals surface area contributed by atoms with Gasteiger partial charge >= 0.3 is 5.97 Å². The molecule has 0 spiro atoms. The van der Waals surface area contributed by atoms with E-state index in [1.54, 1.807) is 0 Å². The molecule has 0 radical (unpaired) electrons. The highest BCUT2D eigenvalue weighted by atomic mass is 19.1. The largest absolute Gasteiger partial charge is 0.490 e. The first-order valence-electron chi connectivity index (χ1n) is 17.7. The van der Waals surface area contributed by atoms with Crippen molar-refractivity contribution < 1.29 is 28.5 Å². The third kappa shape index (κ3) is 6.56. The van der Waals surface area contributed by atoms with Gasteiger partial charge in [-0.3, -0.25) is 4.90 Å². The summed E-state index contributed by atoms with van der Waals surface area (Å²) >= 11 is 0. The third-order valence-corrected chi connectivity index (χ3v) is 10.5. The maximum absolute atomic E-state index is 15.8. The number of aromatic nitrogens is 1. The fraction of sp³-hybridized carbons (Fsp3) is 0.475. The summed E-state index contributed by atoms with van der Waals surface area (Å²) in [7, 11) is 2.04. The number of carboxylic acid groups (broad SMARTS) is 1. The average Bonchev–Trinajstić information content (AvgIpc) is 3.44. The first kappa shape index (κ1) is 33.6. The minimum atomic E-state index is -1.25. The molecule has 3 aliphatic rings. The van der Waals surface area contributed by atoms with Gasteiger partial charge in [0.2, 0.25) is 0 Å². The van der Waals surface area contributed by atoms with E-state index in [-0.39, 0.29) is 0 Å². The molecule has 1 aromatic heterocycles. The van der Waals surface area contributed by atoms with Crippen LogP contribution in [0.3, 0.4) is 0 Å². The second-order valence-electron chi connectivity index (χ2n) is 14.7. The number of anilines is 1. The van der Waals surface area contributed by atoms with E-state index in [1.165, 1.54) is 11.8 Å². The summed E-state index contributed by atoms with van der Waals surface area (Å²) < 4.78 is 35.5. The number of fused-ring (bicyclic) bond motifs is 2. The summed E-state index contributed by atoms with van der Waals surface area (Å²) in [6.45, 7) is 13.8. The van der Waals surface area contributed by atoms with Crippen molar-refractivity contribution in [3.8, 4) is 28.1 Å². The van der Waals surface area contributed by atoms with Gasteiger partial charge in [-0.25, -0.2) is 9.18 Å². The molecule has 0 amide bonds. The topological polar surface area (TPSA) is 76.4 Å². The second-order valence-corrected chi connectivity index (χ2v) is 14.7. The molecule has 2 fully saturated rings. The number of aryl methyl sites for hydroxylation is 1. The summed E-state index contributed by atoms with van der Waals surface area (Å²) in [5.74, 6) is -1.21. The van der Waals surface area contributed by atoms with E-state index < -0.39 is 23.5 Å². The van der Waals surface area contributed by atoms with Crippen molar-refractivity contribution in [1.82, 2.24) is 9.47 Å². The first-order valence-corrected chi connectivity index (χ1v) is 17.7. The number of halogens is 1. The molecule has 260 valence electrons. The highest BCUT2D eigenvalue weighted by Crippen LogP contribution is 2.45. The fourth-order valence-electron chi connectivity index (χ4n) is 8.00. The Bertz CT molecular complexity index is 1860. The van der Waals surface area contributed by atoms with E-state index >= 15 is 4.39 Å². The minimum Gasteiger partial charge on any atom is -0.490 e. The van der Waals surface area contributed by atoms with E-state index in [0.29, 0.717) is 41.5 Å². The number of benzene rings is 3. The van der Waals surface area contributed by atoms with Crippen LogP contribution in [0.25, 0.3) is 33.3 Å². The van der Waals surface area contributed by atoms with E-state index in [9.17, 15) is 9.90 Å². The van der Waals surface area contributed by atoms with Gasteiger partial charge in [0.15, 0.2) is 17.7 Å². The van der Waals surface area contributed by atoms with Crippen LogP contribution in [0.15, 0.2) is 48.5 Å². The average molecular weight is 670 g/mol. The number of carboxylic acids is 1. The summed E-state index contributed by atoms with van der Waals surface area (Å²) in [6.07, 6.45) is 2.48. The first-order chi connectivity index (χ1) is 23.5. The highest BCUT2D eigenvalue weighted by Gasteiger charge is 2.33. The molecule has 0 bridgehead atoms. The van der Waals surface area contributed by atoms with Crippen LogP contribution in [0.4, 0.5) is 10.1 Å². The summed E-state index contributed by atoms with van der Waals surface area (Å²) in [5, 5.41) is 11.3. The SMILES string of the molecule is Cc1c(-c2c(C(OC(C)(C)C)C(=O)O)ccc3c2cc(-c2cccc(N4CCN(C5CCOCC5)CC4)c2)n3C)cc(F)c2c1CCCO2. The lowest BCUT2D eigenvalue weighted by atomic mass is 9.86. The van der Waals surface area contributed by atoms with Crippen LogP contribution in [-0.2, 0) is 27.7 Å². The van der Waals surface area contributed by atoms with Gasteiger partial charge in [0, 0.05) is 91.5 Å². The number of rotatable bonds is 7. The van der Waals surface area contributed by atoms with Gasteiger partial charge in [-0.1, -0.05) is 18.2 Å². The van der Waals surface area contributed by atoms with Crippen molar-refractivity contribution in [2.75, 3.05) is 50.9 Å². The smallest absolute Gasteiger partial charge is 0.337 e. The van der Waals surface area contributed by atoms with E-state index in [4.69, 9.17) is 14.2 Å². The van der Waals surface area contributed by atoms with Crippen molar-refractivity contribution in [3.05, 3.63) is 71.0 Å². The number of ether oxygens (including phenoxy) is 3. The molecule has 9 heteroatoms. The molecular formula is C40H48FN3O5. The molecule has 3 aliphatic heterocycles. The number of carbonyl (C=O) groups is 1. The van der Waals surface area contributed by atoms with Crippen molar-refractivity contribution in [2.45, 2.75) is 71.1 Å². The Morgan fingerprint density at radius 1 is 1.02 bits per heavy atom. The maximum atomic E-state index is 15.8. The zero-order chi connectivity index (χ0) is 34.4. The normalized spacial score (nSPS) is 18.4. The molecule has 3 aromatic carbocycles. The third-order valence-electron chi connectivity index (χ3n) is 10.5. The molecule has 1 unspecified atom stereocenters. The Labute approximate surface area is 288 Å². The summed E-state index contributed by atoms with van der Waals surface area (Å²) in [6, 6.07) is 16.7. The van der Waals surface area contributed by atoms with Crippen LogP contribution in [-0.4, -0.2) is 78.2 Å². The van der Waals surface area contributed by atoms with Crippen LogP contribution in [0, 0.1) is 12.7 Å². The zero-order valence-electron chi connectivity index (χ0n) is 29.4. The highest BCUT2D eigenvalue weighted by molar-refractivity contribution is 6.02. The van der Waals surface area contributed by atoms with Crippen LogP contribution < -0.4 is 9.64 Å². The second kappa shape index (κ2) is 13.4. The molecular weight excluding hydrogens is 621 g/mol. The Balaban J connectivity index is 1.32. The number of aliphatic carboxylic acids is 1. The predicted molar refractivity (Wildman–Crippen MR) is 191 cm³/mol. The van der Waals surface area contributed by atoms with Gasteiger partial charge in [0.05, 0.1) is 12.2 Å². The molecule has 2 saturated heterocycles. The maximum Gasteiger partial charge on any atom is 0.337 e. The fourth-order valence-corrected chi connectivity index (χ4v) is 8.00. The van der Waals surface area contributed by atoms with Gasteiger partial charge in [-0.15, -0.1) is 0 Å². The number of hydrogen-bond acceptors (Lipinski definition) is 6. The van der Waals surface area contributed by atoms with Gasteiger partial charge in [0.25, 0.3) is 0 Å². The molecule has 4 aromatic rings. The molecule has 49 heavy (non-hydrogen) atoms. The zero-order valence-corrected chi connectivity index (χ0v) is 29.4. The van der Waals surface area contributed by atoms with Crippen molar-refractivity contribution >= 4 is 22.6 Å². The van der Waals surface area contributed by atoms with Crippen LogP contribution in [0.1, 0.15) is 62.8 Å². The van der Waals surface area contributed by atoms with Gasteiger partial charge < -0.3 is 28.8 Å². The van der Waals surface area contributed by atoms with Gasteiger partial charge in [0.1, 0.15) is 0 Å². The Kier molecular flexibility index (Phi) is 9.19. The molecule has 0 aliphatic carbocycles.